The van der Waals surface area contributed by atoms with Crippen molar-refractivity contribution in [1.82, 2.24) is 4.90 Å². The number of unbranched alkanes of at least 4 members (excludes halogenated alkanes) is 4. The Balaban J connectivity index is 2.40. The SMILES string of the molecule is CCCCCCCC(C)N1CCC(C(=O)O)(C(C)C)C1. The van der Waals surface area contributed by atoms with Gasteiger partial charge in [-0.25, -0.2) is 0 Å². The molecule has 1 fully saturated rings. The van der Waals surface area contributed by atoms with Gasteiger partial charge in [0.05, 0.1) is 5.41 Å². The van der Waals surface area contributed by atoms with Gasteiger partial charge < -0.3 is 5.11 Å². The topological polar surface area (TPSA) is 40.5 Å². The number of hydrogen-bond acceptors (Lipinski definition) is 2. The highest BCUT2D eigenvalue weighted by molar-refractivity contribution is 5.75. The minimum atomic E-state index is -0.606. The van der Waals surface area contributed by atoms with Gasteiger partial charge in [-0.3, -0.25) is 9.69 Å². The van der Waals surface area contributed by atoms with E-state index in [0.29, 0.717) is 6.04 Å². The fourth-order valence-electron chi connectivity index (χ4n) is 3.36. The summed E-state index contributed by atoms with van der Waals surface area (Å²) in [6.45, 7) is 10.3. The number of rotatable bonds is 9. The van der Waals surface area contributed by atoms with E-state index in [1.807, 2.05) is 13.8 Å². The first kappa shape index (κ1) is 17.5. The molecule has 0 amide bonds. The molecule has 0 bridgehead atoms. The standard InChI is InChI=1S/C17H33NO2/c1-5-6-7-8-9-10-15(4)18-12-11-17(13-18,14(2)3)16(19)20/h14-15H,5-13H2,1-4H3,(H,19,20). The average Bonchev–Trinajstić information content (AvgIpc) is 2.84. The van der Waals surface area contributed by atoms with Gasteiger partial charge in [0.25, 0.3) is 0 Å². The highest BCUT2D eigenvalue weighted by Crippen LogP contribution is 2.39. The van der Waals surface area contributed by atoms with Crippen LogP contribution in [0.1, 0.15) is 72.6 Å². The van der Waals surface area contributed by atoms with E-state index in [1.165, 1.54) is 38.5 Å². The maximum absolute atomic E-state index is 11.6. The summed E-state index contributed by atoms with van der Waals surface area (Å²) < 4.78 is 0. The van der Waals surface area contributed by atoms with Crippen molar-refractivity contribution in [1.29, 1.82) is 0 Å². The number of hydrogen-bond donors (Lipinski definition) is 1. The first-order valence-corrected chi connectivity index (χ1v) is 8.41. The maximum atomic E-state index is 11.6. The van der Waals surface area contributed by atoms with Crippen LogP contribution >= 0.6 is 0 Å². The Hall–Kier alpha value is -0.570. The summed E-state index contributed by atoms with van der Waals surface area (Å²) in [4.78, 5) is 14.0. The highest BCUT2D eigenvalue weighted by Gasteiger charge is 2.47. The molecule has 2 unspecified atom stereocenters. The molecule has 0 aromatic carbocycles. The Morgan fingerprint density at radius 2 is 1.85 bits per heavy atom. The molecule has 20 heavy (non-hydrogen) atoms. The molecule has 1 heterocycles. The number of carboxylic acids is 1. The summed E-state index contributed by atoms with van der Waals surface area (Å²) in [6, 6.07) is 0.525. The Bertz CT molecular complexity index is 303. The zero-order valence-corrected chi connectivity index (χ0v) is 13.8. The lowest BCUT2D eigenvalue weighted by Crippen LogP contribution is -2.41. The lowest BCUT2D eigenvalue weighted by Gasteiger charge is -2.31. The van der Waals surface area contributed by atoms with Gasteiger partial charge in [-0.05, 0) is 32.2 Å². The van der Waals surface area contributed by atoms with E-state index < -0.39 is 11.4 Å². The second kappa shape index (κ2) is 8.02. The van der Waals surface area contributed by atoms with Crippen LogP contribution in [0.3, 0.4) is 0 Å². The Kier molecular flexibility index (Phi) is 7.01. The van der Waals surface area contributed by atoms with E-state index in [0.717, 1.165) is 19.5 Å². The lowest BCUT2D eigenvalue weighted by molar-refractivity contribution is -0.151. The van der Waals surface area contributed by atoms with Crippen LogP contribution in [0.2, 0.25) is 0 Å². The maximum Gasteiger partial charge on any atom is 0.311 e. The van der Waals surface area contributed by atoms with Gasteiger partial charge in [-0.15, -0.1) is 0 Å². The average molecular weight is 283 g/mol. The van der Waals surface area contributed by atoms with Crippen molar-refractivity contribution in [2.24, 2.45) is 11.3 Å². The molecule has 0 aromatic heterocycles. The van der Waals surface area contributed by atoms with Gasteiger partial charge in [0.1, 0.15) is 0 Å². The summed E-state index contributed by atoms with van der Waals surface area (Å²) in [5.41, 5.74) is -0.517. The molecular weight excluding hydrogens is 250 g/mol. The minimum absolute atomic E-state index is 0.210. The number of aliphatic carboxylic acids is 1. The zero-order chi connectivity index (χ0) is 15.2. The van der Waals surface area contributed by atoms with Crippen molar-refractivity contribution >= 4 is 5.97 Å². The Labute approximate surface area is 124 Å². The third-order valence-corrected chi connectivity index (χ3v) is 5.21. The molecule has 0 radical (unpaired) electrons. The van der Waals surface area contributed by atoms with Crippen molar-refractivity contribution in [3.63, 3.8) is 0 Å². The van der Waals surface area contributed by atoms with Crippen LogP contribution < -0.4 is 0 Å². The van der Waals surface area contributed by atoms with E-state index >= 15 is 0 Å². The van der Waals surface area contributed by atoms with Crippen LogP contribution in [-0.2, 0) is 4.79 Å². The van der Waals surface area contributed by atoms with Gasteiger partial charge in [0.2, 0.25) is 0 Å². The summed E-state index contributed by atoms with van der Waals surface area (Å²) in [5, 5.41) is 9.58. The first-order chi connectivity index (χ1) is 9.44. The molecule has 3 nitrogen and oxygen atoms in total. The third kappa shape index (κ3) is 4.21. The van der Waals surface area contributed by atoms with Crippen molar-refractivity contribution in [3.05, 3.63) is 0 Å². The normalized spacial score (nSPS) is 25.2. The second-order valence-electron chi connectivity index (χ2n) is 6.89. The number of carboxylic acid groups (broad SMARTS) is 1. The van der Waals surface area contributed by atoms with E-state index in [-0.39, 0.29) is 5.92 Å². The monoisotopic (exact) mass is 283 g/mol. The van der Waals surface area contributed by atoms with Crippen LogP contribution in [0.4, 0.5) is 0 Å². The first-order valence-electron chi connectivity index (χ1n) is 8.41. The molecular formula is C17H33NO2. The molecule has 1 N–H and O–H groups in total. The zero-order valence-electron chi connectivity index (χ0n) is 13.8. The van der Waals surface area contributed by atoms with E-state index in [2.05, 4.69) is 18.7 Å². The summed E-state index contributed by atoms with van der Waals surface area (Å²) in [5.74, 6) is -0.396. The smallest absolute Gasteiger partial charge is 0.311 e. The largest absolute Gasteiger partial charge is 0.481 e. The van der Waals surface area contributed by atoms with Gasteiger partial charge in [-0.1, -0.05) is 52.9 Å². The third-order valence-electron chi connectivity index (χ3n) is 5.21. The molecule has 1 rings (SSSR count). The molecule has 3 heteroatoms. The van der Waals surface area contributed by atoms with Crippen molar-refractivity contribution < 1.29 is 9.90 Å². The van der Waals surface area contributed by atoms with E-state index in [1.54, 1.807) is 0 Å². The van der Waals surface area contributed by atoms with Crippen molar-refractivity contribution in [2.45, 2.75) is 78.7 Å². The summed E-state index contributed by atoms with van der Waals surface area (Å²) >= 11 is 0. The van der Waals surface area contributed by atoms with Crippen LogP contribution in [-0.4, -0.2) is 35.1 Å². The molecule has 0 saturated carbocycles. The second-order valence-corrected chi connectivity index (χ2v) is 6.89. The highest BCUT2D eigenvalue weighted by atomic mass is 16.4. The van der Waals surface area contributed by atoms with Crippen LogP contribution in [0.25, 0.3) is 0 Å². The molecule has 1 saturated heterocycles. The molecule has 0 spiro atoms. The predicted molar refractivity (Wildman–Crippen MR) is 83.9 cm³/mol. The molecule has 2 atom stereocenters. The summed E-state index contributed by atoms with van der Waals surface area (Å²) in [7, 11) is 0. The van der Waals surface area contributed by atoms with E-state index in [9.17, 15) is 9.90 Å². The van der Waals surface area contributed by atoms with Gasteiger partial charge >= 0.3 is 5.97 Å². The van der Waals surface area contributed by atoms with Crippen LogP contribution in [0.5, 0.6) is 0 Å². The fourth-order valence-corrected chi connectivity index (χ4v) is 3.36. The van der Waals surface area contributed by atoms with Crippen molar-refractivity contribution in [2.75, 3.05) is 13.1 Å². The predicted octanol–water partition coefficient (Wildman–Crippen LogP) is 4.17. The van der Waals surface area contributed by atoms with Crippen LogP contribution in [0, 0.1) is 11.3 Å². The fraction of sp³-hybridized carbons (Fsp3) is 0.941. The lowest BCUT2D eigenvalue weighted by atomic mass is 9.76. The molecule has 0 aromatic rings. The van der Waals surface area contributed by atoms with Crippen LogP contribution in [0.15, 0.2) is 0 Å². The Morgan fingerprint density at radius 1 is 1.20 bits per heavy atom. The number of likely N-dealkylation sites (tertiary alicyclic amines) is 1. The molecule has 1 aliphatic heterocycles. The molecule has 1 aliphatic rings. The van der Waals surface area contributed by atoms with Gasteiger partial charge in [0.15, 0.2) is 0 Å². The van der Waals surface area contributed by atoms with Crippen molar-refractivity contribution in [3.8, 4) is 0 Å². The molecule has 0 aliphatic carbocycles. The Morgan fingerprint density at radius 3 is 2.35 bits per heavy atom. The number of carbonyl (C=O) groups is 1. The van der Waals surface area contributed by atoms with Gasteiger partial charge in [-0.2, -0.15) is 0 Å². The van der Waals surface area contributed by atoms with E-state index in [4.69, 9.17) is 0 Å². The minimum Gasteiger partial charge on any atom is -0.481 e. The van der Waals surface area contributed by atoms with Gasteiger partial charge in [0, 0.05) is 12.6 Å². The molecule has 118 valence electrons. The number of nitrogens with zero attached hydrogens (tertiary/aromatic N) is 1. The summed E-state index contributed by atoms with van der Waals surface area (Å²) in [6.07, 6.45) is 8.58. The quantitative estimate of drug-likeness (QED) is 0.646.